The molecule has 0 saturated carbocycles. The second-order valence-electron chi connectivity index (χ2n) is 2.36. The van der Waals surface area contributed by atoms with Crippen LogP contribution < -0.4 is 5.46 Å². The number of pyridine rings is 1. The minimum atomic E-state index is -0.273. The number of ether oxygens (including phenoxy) is 1. The van der Waals surface area contributed by atoms with Gasteiger partial charge in [-0.05, 0) is 6.07 Å². The first-order valence-electron chi connectivity index (χ1n) is 3.34. The molecular formula is C7H9BFNO. The van der Waals surface area contributed by atoms with Crippen LogP contribution in [0.4, 0.5) is 4.39 Å². The van der Waals surface area contributed by atoms with E-state index in [1.165, 1.54) is 6.20 Å². The third-order valence-corrected chi connectivity index (χ3v) is 1.40. The summed E-state index contributed by atoms with van der Waals surface area (Å²) in [7, 11) is 3.29. The predicted octanol–water partition coefficient (Wildman–Crippen LogP) is -0.375. The van der Waals surface area contributed by atoms with Gasteiger partial charge in [0.15, 0.2) is 0 Å². The monoisotopic (exact) mass is 153 g/mol. The molecule has 0 unspecified atom stereocenters. The molecule has 1 heterocycles. The fourth-order valence-corrected chi connectivity index (χ4v) is 0.824. The van der Waals surface area contributed by atoms with Gasteiger partial charge in [0.25, 0.3) is 0 Å². The van der Waals surface area contributed by atoms with Gasteiger partial charge in [0.05, 0.1) is 18.5 Å². The first-order valence-corrected chi connectivity index (χ1v) is 3.34. The summed E-state index contributed by atoms with van der Waals surface area (Å²) in [5, 5.41) is 0. The lowest BCUT2D eigenvalue weighted by Crippen LogP contribution is -2.11. The van der Waals surface area contributed by atoms with Gasteiger partial charge < -0.3 is 4.74 Å². The third kappa shape index (κ3) is 2.01. The second kappa shape index (κ2) is 3.48. The zero-order chi connectivity index (χ0) is 8.27. The van der Waals surface area contributed by atoms with Gasteiger partial charge >= 0.3 is 0 Å². The Bertz CT molecular complexity index is 254. The van der Waals surface area contributed by atoms with Gasteiger partial charge in [-0.1, -0.05) is 5.46 Å². The average Bonchev–Trinajstić information content (AvgIpc) is 1.98. The first kappa shape index (κ1) is 8.20. The fourth-order valence-electron chi connectivity index (χ4n) is 0.824. The molecule has 0 aliphatic heterocycles. The van der Waals surface area contributed by atoms with E-state index in [0.717, 1.165) is 5.69 Å². The number of hydrogen-bond acceptors (Lipinski definition) is 2. The Balaban J connectivity index is 2.86. The van der Waals surface area contributed by atoms with E-state index in [-0.39, 0.29) is 5.82 Å². The maximum atomic E-state index is 12.6. The number of halogens is 1. The van der Waals surface area contributed by atoms with Gasteiger partial charge in [0.2, 0.25) is 0 Å². The number of nitrogens with zero attached hydrogens (tertiary/aromatic N) is 1. The van der Waals surface area contributed by atoms with Crippen molar-refractivity contribution in [2.24, 2.45) is 0 Å². The summed E-state index contributed by atoms with van der Waals surface area (Å²) in [4.78, 5) is 3.83. The molecule has 0 fully saturated rings. The molecule has 0 N–H and O–H groups in total. The van der Waals surface area contributed by atoms with Gasteiger partial charge in [-0.3, -0.25) is 4.98 Å². The van der Waals surface area contributed by atoms with Gasteiger partial charge in [-0.15, -0.1) is 0 Å². The summed E-state index contributed by atoms with van der Waals surface area (Å²) < 4.78 is 17.5. The highest BCUT2D eigenvalue weighted by Gasteiger charge is 1.98. The van der Waals surface area contributed by atoms with Crippen molar-refractivity contribution in [3.05, 3.63) is 23.8 Å². The minimum Gasteiger partial charge on any atom is -0.378 e. The summed E-state index contributed by atoms with van der Waals surface area (Å²) in [5.41, 5.74) is 1.36. The van der Waals surface area contributed by atoms with E-state index in [1.54, 1.807) is 21.0 Å². The standard InChI is InChI=1S/C7H9BFNO/c1-11-4-5-2-6(8)7(9)3-10-5/h2-3H,4,8H2,1H3. The fraction of sp³-hybridized carbons (Fsp3) is 0.286. The zero-order valence-corrected chi connectivity index (χ0v) is 6.60. The lowest BCUT2D eigenvalue weighted by molar-refractivity contribution is 0.181. The van der Waals surface area contributed by atoms with E-state index in [4.69, 9.17) is 4.74 Å². The van der Waals surface area contributed by atoms with Crippen LogP contribution in [0.25, 0.3) is 0 Å². The number of aromatic nitrogens is 1. The Morgan fingerprint density at radius 2 is 2.45 bits per heavy atom. The van der Waals surface area contributed by atoms with Crippen molar-refractivity contribution in [3.63, 3.8) is 0 Å². The van der Waals surface area contributed by atoms with Crippen LogP contribution in [0, 0.1) is 5.82 Å². The SMILES string of the molecule is Bc1cc(COC)ncc1F. The zero-order valence-electron chi connectivity index (χ0n) is 6.60. The normalized spacial score (nSPS) is 10.0. The average molecular weight is 153 g/mol. The maximum absolute atomic E-state index is 12.6. The van der Waals surface area contributed by atoms with E-state index < -0.39 is 0 Å². The highest BCUT2D eigenvalue weighted by atomic mass is 19.1. The van der Waals surface area contributed by atoms with E-state index >= 15 is 0 Å². The molecule has 1 aromatic rings. The Morgan fingerprint density at radius 1 is 1.73 bits per heavy atom. The molecule has 58 valence electrons. The van der Waals surface area contributed by atoms with Crippen LogP contribution in [-0.4, -0.2) is 19.9 Å². The Kier molecular flexibility index (Phi) is 2.60. The lowest BCUT2D eigenvalue weighted by atomic mass is 9.96. The molecule has 0 aliphatic carbocycles. The van der Waals surface area contributed by atoms with E-state index in [1.807, 2.05) is 0 Å². The van der Waals surface area contributed by atoms with E-state index in [0.29, 0.717) is 12.1 Å². The first-order chi connectivity index (χ1) is 5.24. The second-order valence-corrected chi connectivity index (χ2v) is 2.36. The third-order valence-electron chi connectivity index (χ3n) is 1.40. The van der Waals surface area contributed by atoms with Gasteiger partial charge in [0.1, 0.15) is 13.7 Å². The highest BCUT2D eigenvalue weighted by molar-refractivity contribution is 6.32. The summed E-state index contributed by atoms with van der Waals surface area (Å²) >= 11 is 0. The van der Waals surface area contributed by atoms with Crippen molar-refractivity contribution in [2.75, 3.05) is 7.11 Å². The van der Waals surface area contributed by atoms with Crippen LogP contribution in [-0.2, 0) is 11.3 Å². The van der Waals surface area contributed by atoms with E-state index in [2.05, 4.69) is 4.98 Å². The van der Waals surface area contributed by atoms with Crippen LogP contribution in [0.3, 0.4) is 0 Å². The van der Waals surface area contributed by atoms with Crippen molar-refractivity contribution in [3.8, 4) is 0 Å². The van der Waals surface area contributed by atoms with Crippen LogP contribution in [0.2, 0.25) is 0 Å². The molecule has 0 spiro atoms. The highest BCUT2D eigenvalue weighted by Crippen LogP contribution is 1.95. The van der Waals surface area contributed by atoms with Gasteiger partial charge in [-0.2, -0.15) is 0 Å². The van der Waals surface area contributed by atoms with Gasteiger partial charge in [0, 0.05) is 7.11 Å². The van der Waals surface area contributed by atoms with Crippen molar-refractivity contribution in [1.29, 1.82) is 0 Å². The lowest BCUT2D eigenvalue weighted by Gasteiger charge is -2.00. The number of rotatable bonds is 2. The summed E-state index contributed by atoms with van der Waals surface area (Å²) in [6, 6.07) is 1.68. The molecule has 0 atom stereocenters. The van der Waals surface area contributed by atoms with Crippen LogP contribution >= 0.6 is 0 Å². The molecule has 0 amide bonds. The Morgan fingerprint density at radius 3 is 3.00 bits per heavy atom. The quantitative estimate of drug-likeness (QED) is 0.540. The predicted molar refractivity (Wildman–Crippen MR) is 43.1 cm³/mol. The minimum absolute atomic E-state index is 0.273. The number of methoxy groups -OCH3 is 1. The molecule has 1 aromatic heterocycles. The molecule has 0 radical (unpaired) electrons. The van der Waals surface area contributed by atoms with Crippen LogP contribution in [0.5, 0.6) is 0 Å². The Hall–Kier alpha value is -0.895. The summed E-state index contributed by atoms with van der Waals surface area (Å²) in [5.74, 6) is -0.273. The molecule has 0 aliphatic rings. The molecule has 0 saturated heterocycles. The summed E-state index contributed by atoms with van der Waals surface area (Å²) in [6.45, 7) is 0.432. The van der Waals surface area contributed by atoms with Crippen LogP contribution in [0.1, 0.15) is 5.69 Å². The molecule has 0 aromatic carbocycles. The topological polar surface area (TPSA) is 22.1 Å². The van der Waals surface area contributed by atoms with E-state index in [9.17, 15) is 4.39 Å². The molecular weight excluding hydrogens is 144 g/mol. The summed E-state index contributed by atoms with van der Waals surface area (Å²) in [6.07, 6.45) is 1.21. The smallest absolute Gasteiger partial charge is 0.143 e. The van der Waals surface area contributed by atoms with Gasteiger partial charge in [-0.25, -0.2) is 4.39 Å². The van der Waals surface area contributed by atoms with Crippen molar-refractivity contribution in [1.82, 2.24) is 4.98 Å². The maximum Gasteiger partial charge on any atom is 0.143 e. The molecule has 2 nitrogen and oxygen atoms in total. The molecule has 4 heteroatoms. The number of hydrogen-bond donors (Lipinski definition) is 0. The van der Waals surface area contributed by atoms with Crippen LogP contribution in [0.15, 0.2) is 12.3 Å². The van der Waals surface area contributed by atoms with Crippen molar-refractivity contribution >= 4 is 13.3 Å². The molecule has 0 bridgehead atoms. The Labute approximate surface area is 65.8 Å². The van der Waals surface area contributed by atoms with Crippen molar-refractivity contribution in [2.45, 2.75) is 6.61 Å². The molecule has 1 rings (SSSR count). The molecule has 11 heavy (non-hydrogen) atoms. The van der Waals surface area contributed by atoms with Crippen molar-refractivity contribution < 1.29 is 9.13 Å². The largest absolute Gasteiger partial charge is 0.378 e.